The zero-order chi connectivity index (χ0) is 25.4. The van der Waals surface area contributed by atoms with Gasteiger partial charge in [-0.05, 0) is 53.9 Å². The molecule has 0 bridgehead atoms. The highest BCUT2D eigenvalue weighted by molar-refractivity contribution is 9.10. The molecule has 0 radical (unpaired) electrons. The van der Waals surface area contributed by atoms with E-state index in [9.17, 15) is 14.4 Å². The molecule has 0 aromatic heterocycles. The van der Waals surface area contributed by atoms with Crippen LogP contribution in [0.15, 0.2) is 77.3 Å². The van der Waals surface area contributed by atoms with E-state index in [0.29, 0.717) is 10.7 Å². The van der Waals surface area contributed by atoms with Gasteiger partial charge >= 0.3 is 12.1 Å². The molecule has 0 aliphatic heterocycles. The maximum atomic E-state index is 13.0. The molecule has 7 nitrogen and oxygen atoms in total. The van der Waals surface area contributed by atoms with Gasteiger partial charge in [0, 0.05) is 15.2 Å². The van der Waals surface area contributed by atoms with E-state index in [1.807, 2.05) is 30.3 Å². The number of hydrogen-bond donors (Lipinski definition) is 2. The number of ether oxygens (including phenoxy) is 2. The predicted molar refractivity (Wildman–Crippen MR) is 138 cm³/mol. The summed E-state index contributed by atoms with van der Waals surface area (Å²) in [6, 6.07) is 19.5. The molecule has 0 spiro atoms. The molecule has 2 amide bonds. The number of amides is 2. The van der Waals surface area contributed by atoms with Crippen LogP contribution in [-0.2, 0) is 16.1 Å². The lowest BCUT2D eigenvalue weighted by Crippen LogP contribution is -2.46. The van der Waals surface area contributed by atoms with E-state index in [1.165, 1.54) is 18.2 Å². The summed E-state index contributed by atoms with van der Waals surface area (Å²) in [5, 5.41) is 5.59. The van der Waals surface area contributed by atoms with Gasteiger partial charge in [-0.3, -0.25) is 4.79 Å². The molecule has 3 rings (SSSR count). The van der Waals surface area contributed by atoms with Crippen LogP contribution in [0.25, 0.3) is 0 Å². The maximum absolute atomic E-state index is 13.0. The number of carbonyl (C=O) groups is 3. The van der Waals surface area contributed by atoms with Crippen molar-refractivity contribution in [2.45, 2.75) is 26.5 Å². The smallest absolute Gasteiger partial charge is 0.408 e. The van der Waals surface area contributed by atoms with Crippen LogP contribution < -0.4 is 15.4 Å². The Kier molecular flexibility index (Phi) is 9.28. The third-order valence-corrected chi connectivity index (χ3v) is 5.67. The first-order valence-electron chi connectivity index (χ1n) is 10.8. The van der Waals surface area contributed by atoms with E-state index in [1.54, 1.807) is 38.1 Å². The predicted octanol–water partition coefficient (Wildman–Crippen LogP) is 6.21. The number of esters is 1. The topological polar surface area (TPSA) is 93.7 Å². The van der Waals surface area contributed by atoms with Gasteiger partial charge < -0.3 is 20.1 Å². The molecule has 0 aliphatic carbocycles. The highest BCUT2D eigenvalue weighted by Gasteiger charge is 2.28. The Morgan fingerprint density at radius 1 is 0.971 bits per heavy atom. The molecule has 0 aliphatic rings. The monoisotopic (exact) mass is 558 g/mol. The highest BCUT2D eigenvalue weighted by atomic mass is 79.9. The van der Waals surface area contributed by atoms with Gasteiger partial charge in [0.2, 0.25) is 0 Å². The van der Waals surface area contributed by atoms with Gasteiger partial charge in [0.1, 0.15) is 18.4 Å². The summed E-state index contributed by atoms with van der Waals surface area (Å²) in [5.74, 6) is -1.54. The van der Waals surface area contributed by atoms with Crippen LogP contribution in [0.1, 0.15) is 29.8 Å². The van der Waals surface area contributed by atoms with E-state index in [0.717, 1.165) is 10.0 Å². The lowest BCUT2D eigenvalue weighted by molar-refractivity contribution is -0.137. The fourth-order valence-electron chi connectivity index (χ4n) is 3.06. The van der Waals surface area contributed by atoms with Crippen LogP contribution in [0.2, 0.25) is 5.02 Å². The number of halogens is 2. The second kappa shape index (κ2) is 12.4. The third kappa shape index (κ3) is 7.83. The SMILES string of the molecule is CC(C)[C@H](NC(=O)OCc1ccccc1)C(=O)Oc1ccc(Cl)cc1C(=O)Nc1ccc(Br)cc1. The van der Waals surface area contributed by atoms with Crippen LogP contribution in [-0.4, -0.2) is 24.0 Å². The molecule has 182 valence electrons. The molecular weight excluding hydrogens is 536 g/mol. The maximum Gasteiger partial charge on any atom is 0.408 e. The Hall–Kier alpha value is -3.36. The quantitative estimate of drug-likeness (QED) is 0.253. The summed E-state index contributed by atoms with van der Waals surface area (Å²) in [6.45, 7) is 3.57. The molecule has 2 N–H and O–H groups in total. The average molecular weight is 560 g/mol. The third-order valence-electron chi connectivity index (χ3n) is 4.91. The van der Waals surface area contributed by atoms with E-state index < -0.39 is 24.0 Å². The molecule has 0 unspecified atom stereocenters. The zero-order valence-corrected chi connectivity index (χ0v) is 21.4. The number of carbonyl (C=O) groups excluding carboxylic acids is 3. The Balaban J connectivity index is 1.69. The van der Waals surface area contributed by atoms with E-state index in [2.05, 4.69) is 26.6 Å². The van der Waals surface area contributed by atoms with Crippen LogP contribution in [0.5, 0.6) is 5.75 Å². The van der Waals surface area contributed by atoms with Gasteiger partial charge in [0.25, 0.3) is 5.91 Å². The minimum Gasteiger partial charge on any atom is -0.445 e. The standard InChI is InChI=1S/C26H24BrClN2O5/c1-16(2)23(30-26(33)34-15-17-6-4-3-5-7-17)25(32)35-22-13-10-19(28)14-21(22)24(31)29-20-11-8-18(27)9-12-20/h3-14,16,23H,15H2,1-2H3,(H,29,31)(H,30,33)/t23-/m0/s1. The number of alkyl carbamates (subject to hydrolysis) is 1. The fraction of sp³-hybridized carbons (Fsp3) is 0.192. The lowest BCUT2D eigenvalue weighted by atomic mass is 10.0. The summed E-state index contributed by atoms with van der Waals surface area (Å²) in [7, 11) is 0. The van der Waals surface area contributed by atoms with Crippen molar-refractivity contribution in [3.8, 4) is 5.75 Å². The number of nitrogens with one attached hydrogen (secondary N) is 2. The lowest BCUT2D eigenvalue weighted by Gasteiger charge is -2.21. The second-order valence-electron chi connectivity index (χ2n) is 7.95. The van der Waals surface area contributed by atoms with Crippen molar-refractivity contribution < 1.29 is 23.9 Å². The summed E-state index contributed by atoms with van der Waals surface area (Å²) in [5.41, 5.74) is 1.44. The van der Waals surface area contributed by atoms with Crippen molar-refractivity contribution >= 4 is 51.2 Å². The molecule has 0 saturated carbocycles. The molecule has 0 saturated heterocycles. The molecule has 0 fully saturated rings. The average Bonchev–Trinajstić information content (AvgIpc) is 2.84. The van der Waals surface area contributed by atoms with E-state index >= 15 is 0 Å². The molecule has 35 heavy (non-hydrogen) atoms. The molecule has 0 heterocycles. The largest absolute Gasteiger partial charge is 0.445 e. The summed E-state index contributed by atoms with van der Waals surface area (Å²) >= 11 is 9.43. The Morgan fingerprint density at radius 2 is 1.66 bits per heavy atom. The van der Waals surface area contributed by atoms with Crippen molar-refractivity contribution in [1.82, 2.24) is 5.32 Å². The zero-order valence-electron chi connectivity index (χ0n) is 19.1. The van der Waals surface area contributed by atoms with E-state index in [-0.39, 0.29) is 23.8 Å². The number of hydrogen-bond acceptors (Lipinski definition) is 5. The fourth-order valence-corrected chi connectivity index (χ4v) is 3.50. The highest BCUT2D eigenvalue weighted by Crippen LogP contribution is 2.25. The first kappa shape index (κ1) is 26.2. The van der Waals surface area contributed by atoms with Crippen molar-refractivity contribution in [1.29, 1.82) is 0 Å². The normalized spacial score (nSPS) is 11.5. The van der Waals surface area contributed by atoms with Crippen molar-refractivity contribution in [2.24, 2.45) is 5.92 Å². The van der Waals surface area contributed by atoms with Crippen LogP contribution in [0, 0.1) is 5.92 Å². The number of anilines is 1. The van der Waals surface area contributed by atoms with Gasteiger partial charge in [0.05, 0.1) is 5.56 Å². The summed E-state index contributed by atoms with van der Waals surface area (Å²) < 4.78 is 11.6. The van der Waals surface area contributed by atoms with Gasteiger partial charge in [0.15, 0.2) is 0 Å². The van der Waals surface area contributed by atoms with Crippen LogP contribution in [0.3, 0.4) is 0 Å². The Morgan fingerprint density at radius 3 is 2.31 bits per heavy atom. The summed E-state index contributed by atoms with van der Waals surface area (Å²) in [4.78, 5) is 38.2. The minimum atomic E-state index is -1.00. The van der Waals surface area contributed by atoms with Gasteiger partial charge in [-0.1, -0.05) is 71.7 Å². The minimum absolute atomic E-state index is 0.0131. The molecule has 1 atom stereocenters. The Labute approximate surface area is 216 Å². The van der Waals surface area contributed by atoms with Gasteiger partial charge in [-0.15, -0.1) is 0 Å². The molecule has 3 aromatic carbocycles. The molecule has 9 heteroatoms. The number of benzene rings is 3. The first-order chi connectivity index (χ1) is 16.7. The van der Waals surface area contributed by atoms with Gasteiger partial charge in [-0.2, -0.15) is 0 Å². The molecular formula is C26H24BrClN2O5. The Bertz CT molecular complexity index is 1190. The van der Waals surface area contributed by atoms with Crippen molar-refractivity contribution in [2.75, 3.05) is 5.32 Å². The number of rotatable bonds is 8. The first-order valence-corrected chi connectivity index (χ1v) is 12.0. The van der Waals surface area contributed by atoms with Crippen LogP contribution in [0.4, 0.5) is 10.5 Å². The van der Waals surface area contributed by atoms with Gasteiger partial charge in [-0.25, -0.2) is 9.59 Å². The van der Waals surface area contributed by atoms with Crippen LogP contribution >= 0.6 is 27.5 Å². The van der Waals surface area contributed by atoms with Crippen molar-refractivity contribution in [3.63, 3.8) is 0 Å². The summed E-state index contributed by atoms with van der Waals surface area (Å²) in [6.07, 6.45) is -0.756. The second-order valence-corrected chi connectivity index (χ2v) is 9.30. The van der Waals surface area contributed by atoms with E-state index in [4.69, 9.17) is 21.1 Å². The molecule has 3 aromatic rings. The van der Waals surface area contributed by atoms with Crippen molar-refractivity contribution in [3.05, 3.63) is 93.4 Å².